The van der Waals surface area contributed by atoms with Gasteiger partial charge in [0.15, 0.2) is 5.79 Å². The summed E-state index contributed by atoms with van der Waals surface area (Å²) in [6.45, 7) is 8.36. The van der Waals surface area contributed by atoms with E-state index in [1.807, 2.05) is 0 Å². The molecule has 2 fully saturated rings. The summed E-state index contributed by atoms with van der Waals surface area (Å²) in [6.07, 6.45) is 5.09. The van der Waals surface area contributed by atoms with Crippen molar-refractivity contribution in [3.05, 3.63) is 0 Å². The summed E-state index contributed by atoms with van der Waals surface area (Å²) in [5, 5.41) is 0. The smallest absolute Gasteiger partial charge is 0.165 e. The number of ether oxygens (including phenoxy) is 2. The van der Waals surface area contributed by atoms with Crippen LogP contribution in [-0.2, 0) is 9.47 Å². The van der Waals surface area contributed by atoms with E-state index in [4.69, 9.17) is 9.47 Å². The molecule has 0 aromatic rings. The maximum atomic E-state index is 5.61. The zero-order valence-corrected chi connectivity index (χ0v) is 9.64. The highest BCUT2D eigenvalue weighted by molar-refractivity contribution is 4.89. The number of hydrogen-bond acceptors (Lipinski definition) is 2. The van der Waals surface area contributed by atoms with Crippen LogP contribution in [0.1, 0.15) is 46.5 Å². The molecule has 0 N–H and O–H groups in total. The van der Waals surface area contributed by atoms with Crippen molar-refractivity contribution in [1.29, 1.82) is 0 Å². The van der Waals surface area contributed by atoms with Crippen molar-refractivity contribution in [2.24, 2.45) is 11.3 Å². The zero-order valence-electron chi connectivity index (χ0n) is 9.64. The van der Waals surface area contributed by atoms with E-state index < -0.39 is 0 Å². The van der Waals surface area contributed by atoms with Gasteiger partial charge in [-0.1, -0.05) is 13.8 Å². The summed E-state index contributed by atoms with van der Waals surface area (Å²) in [6, 6.07) is 0. The topological polar surface area (TPSA) is 18.5 Å². The zero-order chi connectivity index (χ0) is 10.2. The van der Waals surface area contributed by atoms with E-state index in [1.54, 1.807) is 0 Å². The molecule has 0 bridgehead atoms. The second-order valence-electron chi connectivity index (χ2n) is 5.59. The minimum absolute atomic E-state index is 0.272. The quantitative estimate of drug-likeness (QED) is 0.694. The van der Waals surface area contributed by atoms with E-state index >= 15 is 0 Å². The molecule has 0 radical (unpaired) electrons. The first-order chi connectivity index (χ1) is 6.52. The predicted octanol–water partition coefficient (Wildman–Crippen LogP) is 2.97. The Morgan fingerprint density at radius 1 is 1.14 bits per heavy atom. The third-order valence-electron chi connectivity index (χ3n) is 4.09. The summed E-state index contributed by atoms with van der Waals surface area (Å²) in [7, 11) is 0. The largest absolute Gasteiger partial charge is 0.348 e. The lowest BCUT2D eigenvalue weighted by Gasteiger charge is -2.45. The minimum atomic E-state index is -0.272. The Labute approximate surface area is 87.0 Å². The van der Waals surface area contributed by atoms with Gasteiger partial charge in [-0.25, -0.2) is 0 Å². The van der Waals surface area contributed by atoms with E-state index in [1.165, 1.54) is 19.3 Å². The van der Waals surface area contributed by atoms with Crippen LogP contribution in [0.4, 0.5) is 0 Å². The van der Waals surface area contributed by atoms with Crippen LogP contribution in [0.15, 0.2) is 0 Å². The highest BCUT2D eigenvalue weighted by Gasteiger charge is 2.40. The second-order valence-corrected chi connectivity index (χ2v) is 5.59. The van der Waals surface area contributed by atoms with E-state index in [0.717, 1.165) is 25.6 Å². The molecular formula is C12H22O2. The van der Waals surface area contributed by atoms with Crippen LogP contribution >= 0.6 is 0 Å². The van der Waals surface area contributed by atoms with Gasteiger partial charge in [0, 0.05) is 6.42 Å². The van der Waals surface area contributed by atoms with Gasteiger partial charge >= 0.3 is 0 Å². The Balaban J connectivity index is 1.77. The van der Waals surface area contributed by atoms with E-state index in [2.05, 4.69) is 20.8 Å². The Hall–Kier alpha value is -0.0800. The fourth-order valence-corrected chi connectivity index (χ4v) is 2.60. The molecule has 2 aliphatic rings. The van der Waals surface area contributed by atoms with E-state index in [-0.39, 0.29) is 5.79 Å². The van der Waals surface area contributed by atoms with Gasteiger partial charge < -0.3 is 9.47 Å². The fourth-order valence-electron chi connectivity index (χ4n) is 2.60. The van der Waals surface area contributed by atoms with Crippen molar-refractivity contribution in [3.8, 4) is 0 Å². The minimum Gasteiger partial charge on any atom is -0.348 e. The Kier molecular flexibility index (Phi) is 2.61. The molecule has 0 aromatic carbocycles. The van der Waals surface area contributed by atoms with Gasteiger partial charge in [-0.05, 0) is 37.5 Å². The summed E-state index contributed by atoms with van der Waals surface area (Å²) in [5.74, 6) is 0.609. The summed E-state index contributed by atoms with van der Waals surface area (Å²) < 4.78 is 11.2. The maximum absolute atomic E-state index is 5.61. The molecule has 2 heteroatoms. The van der Waals surface area contributed by atoms with Crippen LogP contribution in [-0.4, -0.2) is 19.0 Å². The first kappa shape index (κ1) is 10.4. The van der Waals surface area contributed by atoms with Crippen LogP contribution in [0.5, 0.6) is 0 Å². The molecule has 82 valence electrons. The standard InChI is InChI=1S/C12H22O2/c1-11(2)6-4-10(11)5-7-12(3)13-8-9-14-12/h10H,4-9H2,1-3H3. The Bertz CT molecular complexity index is 204. The van der Waals surface area contributed by atoms with Crippen molar-refractivity contribution >= 4 is 0 Å². The first-order valence-corrected chi connectivity index (χ1v) is 5.80. The average molecular weight is 198 g/mol. The highest BCUT2D eigenvalue weighted by atomic mass is 16.7. The molecule has 2 nitrogen and oxygen atoms in total. The lowest BCUT2D eigenvalue weighted by Crippen LogP contribution is -2.36. The van der Waals surface area contributed by atoms with E-state index in [9.17, 15) is 0 Å². The van der Waals surface area contributed by atoms with Crippen molar-refractivity contribution < 1.29 is 9.47 Å². The molecule has 1 aliphatic heterocycles. The third kappa shape index (κ3) is 1.96. The molecule has 1 saturated heterocycles. The lowest BCUT2D eigenvalue weighted by molar-refractivity contribution is -0.153. The van der Waals surface area contributed by atoms with Crippen molar-refractivity contribution in [1.82, 2.24) is 0 Å². The second kappa shape index (κ2) is 3.49. The molecule has 0 aromatic heterocycles. The number of hydrogen-bond donors (Lipinski definition) is 0. The molecule has 0 spiro atoms. The SMILES string of the molecule is CC1(CCC2CCC2(C)C)OCCO1. The number of rotatable bonds is 3. The van der Waals surface area contributed by atoms with Gasteiger partial charge in [0.05, 0.1) is 13.2 Å². The first-order valence-electron chi connectivity index (χ1n) is 5.80. The van der Waals surface area contributed by atoms with Crippen LogP contribution in [0.25, 0.3) is 0 Å². The summed E-state index contributed by atoms with van der Waals surface area (Å²) in [4.78, 5) is 0. The average Bonchev–Trinajstić information content (AvgIpc) is 2.51. The molecule has 0 amide bonds. The summed E-state index contributed by atoms with van der Waals surface area (Å²) in [5.41, 5.74) is 0.564. The predicted molar refractivity (Wildman–Crippen MR) is 56.0 cm³/mol. The van der Waals surface area contributed by atoms with Gasteiger partial charge in [-0.15, -0.1) is 0 Å². The van der Waals surface area contributed by atoms with Gasteiger partial charge in [0.25, 0.3) is 0 Å². The monoisotopic (exact) mass is 198 g/mol. The van der Waals surface area contributed by atoms with Crippen molar-refractivity contribution in [2.45, 2.75) is 52.2 Å². The molecule has 1 saturated carbocycles. The summed E-state index contributed by atoms with van der Waals surface area (Å²) >= 11 is 0. The molecule has 2 rings (SSSR count). The molecule has 14 heavy (non-hydrogen) atoms. The molecular weight excluding hydrogens is 176 g/mol. The van der Waals surface area contributed by atoms with Gasteiger partial charge in [-0.3, -0.25) is 0 Å². The van der Waals surface area contributed by atoms with Gasteiger partial charge in [0.2, 0.25) is 0 Å². The molecule has 1 unspecified atom stereocenters. The van der Waals surface area contributed by atoms with Crippen LogP contribution in [0.3, 0.4) is 0 Å². The Morgan fingerprint density at radius 2 is 1.79 bits per heavy atom. The maximum Gasteiger partial charge on any atom is 0.165 e. The van der Waals surface area contributed by atoms with Gasteiger partial charge in [-0.2, -0.15) is 0 Å². The van der Waals surface area contributed by atoms with Crippen LogP contribution < -0.4 is 0 Å². The third-order valence-corrected chi connectivity index (χ3v) is 4.09. The van der Waals surface area contributed by atoms with Crippen molar-refractivity contribution in [2.75, 3.05) is 13.2 Å². The Morgan fingerprint density at radius 3 is 2.21 bits per heavy atom. The fraction of sp³-hybridized carbons (Fsp3) is 1.00. The molecule has 1 aliphatic carbocycles. The molecule has 1 atom stereocenters. The van der Waals surface area contributed by atoms with E-state index in [0.29, 0.717) is 5.41 Å². The normalized spacial score (nSPS) is 34.1. The molecule has 1 heterocycles. The van der Waals surface area contributed by atoms with Crippen LogP contribution in [0.2, 0.25) is 0 Å². The van der Waals surface area contributed by atoms with Crippen LogP contribution in [0, 0.1) is 11.3 Å². The van der Waals surface area contributed by atoms with Gasteiger partial charge in [0.1, 0.15) is 0 Å². The lowest BCUT2D eigenvalue weighted by atomic mass is 9.61. The van der Waals surface area contributed by atoms with Crippen molar-refractivity contribution in [3.63, 3.8) is 0 Å². The highest BCUT2D eigenvalue weighted by Crippen LogP contribution is 2.49.